The molecule has 3 rings (SSSR count). The Kier molecular flexibility index (Phi) is 2.81. The van der Waals surface area contributed by atoms with Crippen LogP contribution in [0.2, 0.25) is 0 Å². The number of halogens is 1. The molecule has 0 bridgehead atoms. The van der Waals surface area contributed by atoms with Crippen LogP contribution in [-0.4, -0.2) is 5.78 Å². The van der Waals surface area contributed by atoms with Gasteiger partial charge in [0.05, 0.1) is 0 Å². The number of alkyl halides is 1. The summed E-state index contributed by atoms with van der Waals surface area (Å²) in [4.78, 5) is 12.1. The molecule has 0 saturated heterocycles. The topological polar surface area (TPSA) is 17.1 Å². The molecule has 0 heterocycles. The third-order valence-corrected chi connectivity index (χ3v) is 4.29. The molecule has 2 aliphatic carbocycles. The number of ketones is 1. The van der Waals surface area contributed by atoms with Crippen LogP contribution in [-0.2, 0) is 10.5 Å². The predicted molar refractivity (Wildman–Crippen MR) is 69.8 cm³/mol. The van der Waals surface area contributed by atoms with E-state index >= 15 is 4.39 Å². The van der Waals surface area contributed by atoms with Crippen LogP contribution in [0, 0.1) is 5.92 Å². The highest BCUT2D eigenvalue weighted by atomic mass is 19.1. The van der Waals surface area contributed by atoms with Gasteiger partial charge >= 0.3 is 0 Å². The highest BCUT2D eigenvalue weighted by molar-refractivity contribution is 6.04. The van der Waals surface area contributed by atoms with Crippen molar-refractivity contribution in [3.8, 4) is 0 Å². The summed E-state index contributed by atoms with van der Waals surface area (Å²) in [5.74, 6) is -0.516. The summed E-state index contributed by atoms with van der Waals surface area (Å²) in [6.07, 6.45) is 8.04. The summed E-state index contributed by atoms with van der Waals surface area (Å²) in [6.45, 7) is 0. The smallest absolute Gasteiger partial charge is 0.201 e. The Balaban J connectivity index is 2.08. The summed E-state index contributed by atoms with van der Waals surface area (Å²) < 4.78 is 15.4. The molecule has 2 aliphatic rings. The molecule has 0 amide bonds. The predicted octanol–water partition coefficient (Wildman–Crippen LogP) is 4.03. The second kappa shape index (κ2) is 4.34. The molecular weight excluding hydrogens is 227 g/mol. The van der Waals surface area contributed by atoms with Gasteiger partial charge in [0, 0.05) is 11.5 Å². The number of carbonyl (C=O) groups is 1. The molecule has 0 aliphatic heterocycles. The van der Waals surface area contributed by atoms with Gasteiger partial charge in [0.15, 0.2) is 5.78 Å². The number of rotatable bonds is 1. The van der Waals surface area contributed by atoms with Gasteiger partial charge in [0.25, 0.3) is 0 Å². The molecule has 1 aromatic rings. The van der Waals surface area contributed by atoms with E-state index in [1.54, 1.807) is 12.1 Å². The summed E-state index contributed by atoms with van der Waals surface area (Å²) in [5.41, 5.74) is -0.360. The van der Waals surface area contributed by atoms with Crippen molar-refractivity contribution >= 4 is 11.9 Å². The van der Waals surface area contributed by atoms with E-state index in [0.717, 1.165) is 37.7 Å². The van der Waals surface area contributed by atoms with Gasteiger partial charge in [-0.3, -0.25) is 4.79 Å². The van der Waals surface area contributed by atoms with E-state index in [1.807, 2.05) is 18.2 Å². The van der Waals surface area contributed by atoms with Crippen molar-refractivity contribution in [1.82, 2.24) is 0 Å². The maximum Gasteiger partial charge on any atom is 0.201 e. The largest absolute Gasteiger partial charge is 0.291 e. The van der Waals surface area contributed by atoms with Crippen molar-refractivity contribution in [2.24, 2.45) is 5.92 Å². The van der Waals surface area contributed by atoms with Gasteiger partial charge in [0.1, 0.15) is 0 Å². The lowest BCUT2D eigenvalue weighted by molar-refractivity contribution is -0.131. The number of allylic oxidation sites excluding steroid dienone is 1. The zero-order valence-electron chi connectivity index (χ0n) is 10.4. The van der Waals surface area contributed by atoms with E-state index < -0.39 is 5.67 Å². The minimum Gasteiger partial charge on any atom is -0.291 e. The first-order valence-electron chi connectivity index (χ1n) is 6.74. The van der Waals surface area contributed by atoms with Gasteiger partial charge in [0.2, 0.25) is 5.67 Å². The van der Waals surface area contributed by atoms with Crippen LogP contribution in [0.1, 0.15) is 43.2 Å². The van der Waals surface area contributed by atoms with Gasteiger partial charge in [-0.1, -0.05) is 49.6 Å². The summed E-state index contributed by atoms with van der Waals surface area (Å²) in [6, 6.07) is 7.36. The minimum absolute atomic E-state index is 0.148. The molecule has 1 nitrogen and oxygen atoms in total. The lowest BCUT2D eigenvalue weighted by Crippen LogP contribution is -2.41. The van der Waals surface area contributed by atoms with Crippen LogP contribution in [0.5, 0.6) is 0 Å². The Morgan fingerprint density at radius 1 is 1.06 bits per heavy atom. The molecule has 0 radical (unpaired) electrons. The first-order valence-corrected chi connectivity index (χ1v) is 6.74. The molecule has 1 aromatic carbocycles. The third kappa shape index (κ3) is 1.63. The lowest BCUT2D eigenvalue weighted by atomic mass is 9.69. The molecule has 0 spiro atoms. The molecule has 0 unspecified atom stereocenters. The van der Waals surface area contributed by atoms with Crippen molar-refractivity contribution in [2.45, 2.75) is 37.8 Å². The molecule has 0 N–H and O–H groups in total. The molecule has 0 aromatic heterocycles. The Hall–Kier alpha value is -1.44. The standard InChI is InChI=1S/C16H17FO/c17-16(13-7-2-1-3-8-13)14-9-5-4-6-12(14)10-11-15(16)18/h4-6,9-11,13H,1-3,7-8H2/t16-/m0/s1. The van der Waals surface area contributed by atoms with E-state index in [9.17, 15) is 4.79 Å². The van der Waals surface area contributed by atoms with Gasteiger partial charge in [-0.15, -0.1) is 0 Å². The highest BCUT2D eigenvalue weighted by Crippen LogP contribution is 2.46. The lowest BCUT2D eigenvalue weighted by Gasteiger charge is -2.37. The van der Waals surface area contributed by atoms with Crippen LogP contribution in [0.25, 0.3) is 6.08 Å². The number of carbonyl (C=O) groups excluding carboxylic acids is 1. The average molecular weight is 244 g/mol. The molecular formula is C16H17FO. The minimum atomic E-state index is -1.79. The Morgan fingerprint density at radius 3 is 2.56 bits per heavy atom. The summed E-state index contributed by atoms with van der Waals surface area (Å²) in [7, 11) is 0. The Morgan fingerprint density at radius 2 is 1.78 bits per heavy atom. The van der Waals surface area contributed by atoms with Crippen molar-refractivity contribution in [3.63, 3.8) is 0 Å². The Bertz CT molecular complexity index is 500. The molecule has 18 heavy (non-hydrogen) atoms. The van der Waals surface area contributed by atoms with Gasteiger partial charge < -0.3 is 0 Å². The molecule has 1 fully saturated rings. The van der Waals surface area contributed by atoms with Crippen LogP contribution >= 0.6 is 0 Å². The summed E-state index contributed by atoms with van der Waals surface area (Å²) in [5, 5.41) is 0. The van der Waals surface area contributed by atoms with Crippen molar-refractivity contribution in [1.29, 1.82) is 0 Å². The second-order valence-corrected chi connectivity index (χ2v) is 5.33. The number of benzene rings is 1. The first kappa shape index (κ1) is 11.6. The van der Waals surface area contributed by atoms with Crippen molar-refractivity contribution in [2.75, 3.05) is 0 Å². The van der Waals surface area contributed by atoms with Crippen LogP contribution in [0.15, 0.2) is 30.3 Å². The van der Waals surface area contributed by atoms with Crippen LogP contribution in [0.3, 0.4) is 0 Å². The van der Waals surface area contributed by atoms with Gasteiger partial charge in [-0.25, -0.2) is 4.39 Å². The number of hydrogen-bond donors (Lipinski definition) is 0. The molecule has 1 saturated carbocycles. The highest BCUT2D eigenvalue weighted by Gasteiger charge is 2.48. The van der Waals surface area contributed by atoms with E-state index in [0.29, 0.717) is 5.56 Å². The fourth-order valence-electron chi connectivity index (χ4n) is 3.31. The van der Waals surface area contributed by atoms with Crippen LogP contribution < -0.4 is 0 Å². The molecule has 1 atom stereocenters. The normalized spacial score (nSPS) is 28.2. The van der Waals surface area contributed by atoms with Gasteiger partial charge in [-0.05, 0) is 24.5 Å². The van der Waals surface area contributed by atoms with Crippen LogP contribution in [0.4, 0.5) is 4.39 Å². The maximum absolute atomic E-state index is 15.4. The van der Waals surface area contributed by atoms with Gasteiger partial charge in [-0.2, -0.15) is 0 Å². The molecule has 94 valence electrons. The maximum atomic E-state index is 15.4. The first-order chi connectivity index (χ1) is 8.73. The van der Waals surface area contributed by atoms with Crippen molar-refractivity contribution in [3.05, 3.63) is 41.5 Å². The fourth-order valence-corrected chi connectivity index (χ4v) is 3.31. The van der Waals surface area contributed by atoms with E-state index in [-0.39, 0.29) is 11.7 Å². The SMILES string of the molecule is O=C1C=Cc2ccccc2[C@@]1(F)C1CCCCC1. The Labute approximate surface area is 107 Å². The second-order valence-electron chi connectivity index (χ2n) is 5.33. The van der Waals surface area contributed by atoms with E-state index in [4.69, 9.17) is 0 Å². The average Bonchev–Trinajstić information content (AvgIpc) is 2.44. The zero-order valence-corrected chi connectivity index (χ0v) is 10.4. The number of fused-ring (bicyclic) bond motifs is 1. The van der Waals surface area contributed by atoms with Crippen molar-refractivity contribution < 1.29 is 9.18 Å². The zero-order chi connectivity index (χ0) is 12.6. The quantitative estimate of drug-likeness (QED) is 0.729. The summed E-state index contributed by atoms with van der Waals surface area (Å²) >= 11 is 0. The monoisotopic (exact) mass is 244 g/mol. The third-order valence-electron chi connectivity index (χ3n) is 4.29. The fraction of sp³-hybridized carbons (Fsp3) is 0.438. The van der Waals surface area contributed by atoms with E-state index in [1.165, 1.54) is 6.08 Å². The molecule has 2 heteroatoms. The number of hydrogen-bond acceptors (Lipinski definition) is 1. The van der Waals surface area contributed by atoms with E-state index in [2.05, 4.69) is 0 Å².